The molecule has 0 radical (unpaired) electrons. The van der Waals surface area contributed by atoms with Gasteiger partial charge in [-0.25, -0.2) is 0 Å². The summed E-state index contributed by atoms with van der Waals surface area (Å²) in [6, 6.07) is 60.5. The van der Waals surface area contributed by atoms with E-state index in [0.29, 0.717) is 0 Å². The second-order valence-corrected chi connectivity index (χ2v) is 13.5. The Balaban J connectivity index is 1.22. The topological polar surface area (TPSA) is 4.93 Å². The van der Waals surface area contributed by atoms with Crippen molar-refractivity contribution in [1.29, 1.82) is 0 Å². The minimum absolute atomic E-state index is 0.0734. The number of hydrogen-bond donors (Lipinski definition) is 0. The van der Waals surface area contributed by atoms with E-state index in [1.54, 1.807) is 0 Å². The highest BCUT2D eigenvalue weighted by Crippen LogP contribution is 2.54. The van der Waals surface area contributed by atoms with Gasteiger partial charge in [0, 0.05) is 27.8 Å². The SMILES string of the molecule is C=C1c2ccccc2-c2ccccc2C1c1cccc(-n2c3ccccc3c3cc4c(cc32)C(C)(c2ccccc2)c2ccccc2-4)c1. The molecular weight excluding hydrogens is 579 g/mol. The molecule has 0 bridgehead atoms. The second-order valence-electron chi connectivity index (χ2n) is 13.5. The van der Waals surface area contributed by atoms with Crippen molar-refractivity contribution in [3.8, 4) is 27.9 Å². The normalized spacial score (nSPS) is 17.6. The first-order valence-electron chi connectivity index (χ1n) is 16.8. The highest BCUT2D eigenvalue weighted by Gasteiger charge is 2.41. The van der Waals surface area contributed by atoms with Crippen LogP contribution in [0.4, 0.5) is 0 Å². The number of fused-ring (bicyclic) bond motifs is 9. The third-order valence-electron chi connectivity index (χ3n) is 11.1. The maximum Gasteiger partial charge on any atom is 0.0544 e. The van der Waals surface area contributed by atoms with Crippen molar-refractivity contribution in [3.63, 3.8) is 0 Å². The Morgan fingerprint density at radius 2 is 1.19 bits per heavy atom. The number of hydrogen-bond acceptors (Lipinski definition) is 0. The van der Waals surface area contributed by atoms with Gasteiger partial charge >= 0.3 is 0 Å². The van der Waals surface area contributed by atoms with Crippen LogP contribution in [0.15, 0.2) is 170 Å². The van der Waals surface area contributed by atoms with E-state index in [-0.39, 0.29) is 11.3 Å². The first-order chi connectivity index (χ1) is 23.6. The number of aromatic nitrogens is 1. The first-order valence-corrected chi connectivity index (χ1v) is 16.8. The fourth-order valence-electron chi connectivity index (χ4n) is 8.87. The number of benzene rings is 7. The molecule has 2 atom stereocenters. The van der Waals surface area contributed by atoms with Crippen LogP contribution < -0.4 is 0 Å². The second kappa shape index (κ2) is 10.0. The van der Waals surface area contributed by atoms with E-state index >= 15 is 0 Å². The lowest BCUT2D eigenvalue weighted by molar-refractivity contribution is 0.714. The van der Waals surface area contributed by atoms with Gasteiger partial charge in [-0.05, 0) is 98.5 Å². The number of rotatable bonds is 3. The van der Waals surface area contributed by atoms with Crippen LogP contribution in [0.2, 0.25) is 0 Å². The van der Waals surface area contributed by atoms with Crippen molar-refractivity contribution >= 4 is 27.4 Å². The maximum absolute atomic E-state index is 4.70. The molecule has 0 spiro atoms. The average Bonchev–Trinajstić information content (AvgIpc) is 3.61. The van der Waals surface area contributed by atoms with Crippen LogP contribution in [0.5, 0.6) is 0 Å². The summed E-state index contributed by atoms with van der Waals surface area (Å²) in [6.45, 7) is 7.10. The van der Waals surface area contributed by atoms with Crippen LogP contribution in [0.25, 0.3) is 55.3 Å². The van der Waals surface area contributed by atoms with Gasteiger partial charge in [0.05, 0.1) is 11.0 Å². The molecule has 0 saturated heterocycles. The number of allylic oxidation sites excluding steroid dienone is 1. The van der Waals surface area contributed by atoms with E-state index in [0.717, 1.165) is 5.57 Å². The van der Waals surface area contributed by atoms with Gasteiger partial charge in [0.1, 0.15) is 0 Å². The number of para-hydroxylation sites is 1. The molecule has 1 heterocycles. The Morgan fingerprint density at radius 1 is 0.500 bits per heavy atom. The predicted octanol–water partition coefficient (Wildman–Crippen LogP) is 11.9. The Kier molecular flexibility index (Phi) is 5.69. The minimum Gasteiger partial charge on any atom is -0.309 e. The summed E-state index contributed by atoms with van der Waals surface area (Å²) in [5, 5.41) is 2.55. The van der Waals surface area contributed by atoms with E-state index in [9.17, 15) is 0 Å². The van der Waals surface area contributed by atoms with E-state index in [1.807, 2.05) is 0 Å². The molecule has 2 aliphatic rings. The quantitative estimate of drug-likeness (QED) is 0.187. The first kappa shape index (κ1) is 27.2. The molecule has 10 rings (SSSR count). The molecule has 8 aromatic rings. The van der Waals surface area contributed by atoms with Gasteiger partial charge in [0.2, 0.25) is 0 Å². The van der Waals surface area contributed by atoms with Gasteiger partial charge in [-0.3, -0.25) is 0 Å². The molecule has 7 aromatic carbocycles. The predicted molar refractivity (Wildman–Crippen MR) is 201 cm³/mol. The summed E-state index contributed by atoms with van der Waals surface area (Å²) < 4.78 is 2.48. The summed E-state index contributed by atoms with van der Waals surface area (Å²) in [5.74, 6) is 0.0734. The summed E-state index contributed by atoms with van der Waals surface area (Å²) in [5.41, 5.74) is 17.6. The lowest BCUT2D eigenvalue weighted by atomic mass is 9.73. The summed E-state index contributed by atoms with van der Waals surface area (Å²) >= 11 is 0. The van der Waals surface area contributed by atoms with Gasteiger partial charge in [0.15, 0.2) is 0 Å². The monoisotopic (exact) mass is 611 g/mol. The van der Waals surface area contributed by atoms with Gasteiger partial charge in [0.25, 0.3) is 0 Å². The van der Waals surface area contributed by atoms with E-state index in [4.69, 9.17) is 6.58 Å². The molecule has 0 fully saturated rings. The van der Waals surface area contributed by atoms with E-state index < -0.39 is 0 Å². The molecule has 2 unspecified atom stereocenters. The molecule has 0 amide bonds. The minimum atomic E-state index is -0.262. The molecule has 1 heteroatoms. The van der Waals surface area contributed by atoms with Crippen molar-refractivity contribution in [2.75, 3.05) is 0 Å². The standard InChI is InChI=1S/C47H33N/c1-30-34-19-6-7-20-35(34)36-21-8-9-24-39(36)46(30)31-15-14-18-33(27-31)48-44-26-13-11-23-38(44)41-28-40-37-22-10-12-25-42(37)47(2,43(40)29-45(41)48)32-16-4-3-5-17-32/h3-29,46H,1H2,2H3. The smallest absolute Gasteiger partial charge is 0.0544 e. The molecule has 0 aliphatic heterocycles. The molecule has 226 valence electrons. The van der Waals surface area contributed by atoms with Crippen LogP contribution in [-0.4, -0.2) is 4.57 Å². The van der Waals surface area contributed by atoms with Crippen LogP contribution >= 0.6 is 0 Å². The fraction of sp³-hybridized carbons (Fsp3) is 0.0638. The molecule has 48 heavy (non-hydrogen) atoms. The molecular formula is C47H33N. The molecule has 0 N–H and O–H groups in total. The van der Waals surface area contributed by atoms with Crippen molar-refractivity contribution in [3.05, 3.63) is 204 Å². The Labute approximate surface area is 281 Å². The van der Waals surface area contributed by atoms with Crippen molar-refractivity contribution in [1.82, 2.24) is 4.57 Å². The third kappa shape index (κ3) is 3.62. The van der Waals surface area contributed by atoms with Crippen LogP contribution in [0.3, 0.4) is 0 Å². The summed E-state index contributed by atoms with van der Waals surface area (Å²) in [4.78, 5) is 0. The molecule has 0 saturated carbocycles. The highest BCUT2D eigenvalue weighted by molar-refractivity contribution is 6.12. The van der Waals surface area contributed by atoms with Crippen LogP contribution in [0.1, 0.15) is 46.2 Å². The van der Waals surface area contributed by atoms with Gasteiger partial charge < -0.3 is 4.57 Å². The van der Waals surface area contributed by atoms with Gasteiger partial charge in [-0.15, -0.1) is 0 Å². The Bertz CT molecular complexity index is 2600. The van der Waals surface area contributed by atoms with Gasteiger partial charge in [-0.1, -0.05) is 140 Å². The van der Waals surface area contributed by atoms with Crippen molar-refractivity contribution < 1.29 is 0 Å². The summed E-state index contributed by atoms with van der Waals surface area (Å²) in [7, 11) is 0. The van der Waals surface area contributed by atoms with Crippen molar-refractivity contribution in [2.24, 2.45) is 0 Å². The fourth-order valence-corrected chi connectivity index (χ4v) is 8.87. The lowest BCUT2D eigenvalue weighted by Gasteiger charge is -2.31. The lowest BCUT2D eigenvalue weighted by Crippen LogP contribution is -2.22. The largest absolute Gasteiger partial charge is 0.309 e. The van der Waals surface area contributed by atoms with E-state index in [1.165, 1.54) is 83.1 Å². The van der Waals surface area contributed by atoms with Crippen molar-refractivity contribution in [2.45, 2.75) is 18.3 Å². The van der Waals surface area contributed by atoms with Gasteiger partial charge in [-0.2, -0.15) is 0 Å². The zero-order valence-electron chi connectivity index (χ0n) is 26.8. The average molecular weight is 612 g/mol. The van der Waals surface area contributed by atoms with Crippen LogP contribution in [0, 0.1) is 0 Å². The zero-order chi connectivity index (χ0) is 32.0. The zero-order valence-corrected chi connectivity index (χ0v) is 26.8. The van der Waals surface area contributed by atoms with E-state index in [2.05, 4.69) is 175 Å². The Morgan fingerprint density at radius 3 is 2.04 bits per heavy atom. The Hall–Kier alpha value is -5.92. The molecule has 1 aromatic heterocycles. The molecule has 2 aliphatic carbocycles. The number of nitrogens with zero attached hydrogens (tertiary/aromatic N) is 1. The summed E-state index contributed by atoms with van der Waals surface area (Å²) in [6.07, 6.45) is 0. The molecule has 1 nitrogen and oxygen atoms in total. The highest BCUT2D eigenvalue weighted by atomic mass is 15.0. The third-order valence-corrected chi connectivity index (χ3v) is 11.1. The van der Waals surface area contributed by atoms with Crippen LogP contribution in [-0.2, 0) is 5.41 Å². The maximum atomic E-state index is 4.70.